The second-order valence-electron chi connectivity index (χ2n) is 7.93. The molecule has 0 aromatic heterocycles. The smallest absolute Gasteiger partial charge is 0.257 e. The minimum absolute atomic E-state index is 0.158. The van der Waals surface area contributed by atoms with Crippen LogP contribution in [0.4, 0.5) is 13.2 Å². The van der Waals surface area contributed by atoms with Crippen LogP contribution in [-0.2, 0) is 4.74 Å². The first-order valence-corrected chi connectivity index (χ1v) is 10.3. The number of benzene rings is 2. The highest BCUT2D eigenvalue weighted by Crippen LogP contribution is 2.16. The molecule has 1 heterocycles. The number of morpholine rings is 1. The van der Waals surface area contributed by atoms with E-state index < -0.39 is 29.5 Å². The summed E-state index contributed by atoms with van der Waals surface area (Å²) in [4.78, 5) is 30.7. The standard InChI is InChI=1S/C23H26F3N3O3/c1-27(2)9-10-28(22(30)16-3-5-17(24)6-4-16)14-19-15-29(11-12-32-19)23(31)20-8-7-18(25)13-21(20)26/h3-8,13,19H,9-12,14-15H2,1-2H3. The number of nitrogens with zero attached hydrogens (tertiary/aromatic N) is 3. The highest BCUT2D eigenvalue weighted by Gasteiger charge is 2.29. The molecule has 1 aliphatic heterocycles. The van der Waals surface area contributed by atoms with Gasteiger partial charge in [-0.2, -0.15) is 0 Å². The Bertz CT molecular complexity index is 953. The predicted molar refractivity (Wildman–Crippen MR) is 113 cm³/mol. The van der Waals surface area contributed by atoms with Crippen LogP contribution in [0.25, 0.3) is 0 Å². The van der Waals surface area contributed by atoms with Crippen LogP contribution >= 0.6 is 0 Å². The molecule has 32 heavy (non-hydrogen) atoms. The molecule has 1 saturated heterocycles. The SMILES string of the molecule is CN(C)CCN(CC1CN(C(=O)c2ccc(F)cc2F)CCO1)C(=O)c1ccc(F)cc1. The summed E-state index contributed by atoms with van der Waals surface area (Å²) in [6.07, 6.45) is -0.484. The van der Waals surface area contributed by atoms with Crippen molar-refractivity contribution in [3.8, 4) is 0 Å². The zero-order valence-electron chi connectivity index (χ0n) is 18.1. The molecule has 0 aliphatic carbocycles. The molecule has 0 saturated carbocycles. The van der Waals surface area contributed by atoms with Crippen molar-refractivity contribution in [2.45, 2.75) is 6.10 Å². The number of likely N-dealkylation sites (N-methyl/N-ethyl adjacent to an activating group) is 1. The fourth-order valence-electron chi connectivity index (χ4n) is 3.46. The van der Waals surface area contributed by atoms with Gasteiger partial charge in [0.1, 0.15) is 17.5 Å². The summed E-state index contributed by atoms with van der Waals surface area (Å²) >= 11 is 0. The number of ether oxygens (including phenoxy) is 1. The lowest BCUT2D eigenvalue weighted by Gasteiger charge is -2.36. The Morgan fingerprint density at radius 3 is 2.38 bits per heavy atom. The van der Waals surface area contributed by atoms with E-state index >= 15 is 0 Å². The largest absolute Gasteiger partial charge is 0.373 e. The molecule has 1 aliphatic rings. The van der Waals surface area contributed by atoms with E-state index in [-0.39, 0.29) is 37.7 Å². The van der Waals surface area contributed by atoms with Crippen LogP contribution in [0.2, 0.25) is 0 Å². The van der Waals surface area contributed by atoms with Crippen molar-refractivity contribution in [2.75, 3.05) is 53.4 Å². The van der Waals surface area contributed by atoms with E-state index in [4.69, 9.17) is 4.74 Å². The third-order valence-electron chi connectivity index (χ3n) is 5.21. The van der Waals surface area contributed by atoms with Gasteiger partial charge in [-0.25, -0.2) is 13.2 Å². The first-order valence-electron chi connectivity index (χ1n) is 10.3. The topological polar surface area (TPSA) is 53.1 Å². The molecular weight excluding hydrogens is 423 g/mol. The van der Waals surface area contributed by atoms with Gasteiger partial charge in [0.05, 0.1) is 18.3 Å². The van der Waals surface area contributed by atoms with E-state index in [1.807, 2.05) is 19.0 Å². The summed E-state index contributed by atoms with van der Waals surface area (Å²) in [6, 6.07) is 8.15. The van der Waals surface area contributed by atoms with Gasteiger partial charge in [-0.1, -0.05) is 0 Å². The summed E-state index contributed by atoms with van der Waals surface area (Å²) in [5.41, 5.74) is 0.140. The number of hydrogen-bond acceptors (Lipinski definition) is 4. The first-order chi connectivity index (χ1) is 15.2. The first kappa shape index (κ1) is 23.7. The average molecular weight is 449 g/mol. The second-order valence-corrected chi connectivity index (χ2v) is 7.93. The minimum Gasteiger partial charge on any atom is -0.373 e. The monoisotopic (exact) mass is 449 g/mol. The van der Waals surface area contributed by atoms with Crippen LogP contribution in [0, 0.1) is 17.5 Å². The Hall–Kier alpha value is -2.91. The molecule has 2 amide bonds. The molecule has 0 bridgehead atoms. The number of halogens is 3. The van der Waals surface area contributed by atoms with Gasteiger partial charge in [-0.15, -0.1) is 0 Å². The maximum Gasteiger partial charge on any atom is 0.257 e. The van der Waals surface area contributed by atoms with E-state index in [1.165, 1.54) is 29.2 Å². The molecule has 9 heteroatoms. The summed E-state index contributed by atoms with van der Waals surface area (Å²) in [6.45, 7) is 1.86. The van der Waals surface area contributed by atoms with Crippen molar-refractivity contribution in [3.05, 3.63) is 71.0 Å². The third kappa shape index (κ3) is 6.08. The maximum absolute atomic E-state index is 14.1. The normalized spacial score (nSPS) is 16.3. The lowest BCUT2D eigenvalue weighted by atomic mass is 10.1. The van der Waals surface area contributed by atoms with Crippen LogP contribution in [0.15, 0.2) is 42.5 Å². The molecule has 6 nitrogen and oxygen atoms in total. The summed E-state index contributed by atoms with van der Waals surface area (Å²) in [7, 11) is 3.77. The van der Waals surface area contributed by atoms with Gasteiger partial charge >= 0.3 is 0 Å². The average Bonchev–Trinajstić information content (AvgIpc) is 2.76. The molecule has 172 valence electrons. The quantitative estimate of drug-likeness (QED) is 0.652. The number of carbonyl (C=O) groups excluding carboxylic acids is 2. The number of carbonyl (C=O) groups is 2. The van der Waals surface area contributed by atoms with Crippen molar-refractivity contribution < 1.29 is 27.5 Å². The number of amides is 2. The summed E-state index contributed by atoms with van der Waals surface area (Å²) < 4.78 is 46.3. The van der Waals surface area contributed by atoms with Gasteiger partial charge in [0.25, 0.3) is 11.8 Å². The van der Waals surface area contributed by atoms with Crippen LogP contribution in [0.1, 0.15) is 20.7 Å². The number of hydrogen-bond donors (Lipinski definition) is 0. The molecule has 0 spiro atoms. The van der Waals surface area contributed by atoms with Crippen LogP contribution in [-0.4, -0.2) is 86.0 Å². The lowest BCUT2D eigenvalue weighted by Crippen LogP contribution is -2.51. The Labute approximate surface area is 185 Å². The minimum atomic E-state index is -0.919. The van der Waals surface area contributed by atoms with Crippen LogP contribution < -0.4 is 0 Å². The van der Waals surface area contributed by atoms with Crippen LogP contribution in [0.5, 0.6) is 0 Å². The molecule has 2 aromatic carbocycles. The van der Waals surface area contributed by atoms with Gasteiger partial charge in [0.2, 0.25) is 0 Å². The Morgan fingerprint density at radius 1 is 1.03 bits per heavy atom. The van der Waals surface area contributed by atoms with Gasteiger partial charge in [-0.05, 0) is 50.5 Å². The third-order valence-corrected chi connectivity index (χ3v) is 5.21. The Kier molecular flexibility index (Phi) is 7.87. The van der Waals surface area contributed by atoms with Crippen molar-refractivity contribution in [2.24, 2.45) is 0 Å². The summed E-state index contributed by atoms with van der Waals surface area (Å²) in [5.74, 6) is -2.94. The molecule has 2 aromatic rings. The van der Waals surface area contributed by atoms with Crippen LogP contribution in [0.3, 0.4) is 0 Å². The van der Waals surface area contributed by atoms with Gasteiger partial charge < -0.3 is 19.4 Å². The molecule has 0 radical (unpaired) electrons. The Balaban J connectivity index is 1.71. The summed E-state index contributed by atoms with van der Waals surface area (Å²) in [5, 5.41) is 0. The lowest BCUT2D eigenvalue weighted by molar-refractivity contribution is -0.0335. The van der Waals surface area contributed by atoms with Crippen molar-refractivity contribution in [1.29, 1.82) is 0 Å². The molecule has 0 N–H and O–H groups in total. The molecule has 1 fully saturated rings. The maximum atomic E-state index is 14.1. The highest BCUT2D eigenvalue weighted by molar-refractivity contribution is 5.95. The van der Waals surface area contributed by atoms with E-state index in [1.54, 1.807) is 4.90 Å². The van der Waals surface area contributed by atoms with E-state index in [9.17, 15) is 22.8 Å². The molecular formula is C23H26F3N3O3. The van der Waals surface area contributed by atoms with Gasteiger partial charge in [0.15, 0.2) is 0 Å². The van der Waals surface area contributed by atoms with Gasteiger partial charge in [-0.3, -0.25) is 9.59 Å². The van der Waals surface area contributed by atoms with Crippen molar-refractivity contribution in [3.63, 3.8) is 0 Å². The molecule has 1 unspecified atom stereocenters. The number of rotatable bonds is 7. The Morgan fingerprint density at radius 2 is 1.72 bits per heavy atom. The van der Waals surface area contributed by atoms with E-state index in [0.29, 0.717) is 24.7 Å². The fraction of sp³-hybridized carbons (Fsp3) is 0.391. The second kappa shape index (κ2) is 10.6. The predicted octanol–water partition coefficient (Wildman–Crippen LogP) is 2.65. The fourth-order valence-corrected chi connectivity index (χ4v) is 3.46. The van der Waals surface area contributed by atoms with Gasteiger partial charge in [0, 0.05) is 44.4 Å². The zero-order valence-corrected chi connectivity index (χ0v) is 18.1. The van der Waals surface area contributed by atoms with Crippen molar-refractivity contribution >= 4 is 11.8 Å². The van der Waals surface area contributed by atoms with E-state index in [0.717, 1.165) is 12.1 Å². The zero-order chi connectivity index (χ0) is 23.3. The van der Waals surface area contributed by atoms with E-state index in [2.05, 4.69) is 0 Å². The molecule has 1 atom stereocenters. The highest BCUT2D eigenvalue weighted by atomic mass is 19.1. The van der Waals surface area contributed by atoms with Crippen molar-refractivity contribution in [1.82, 2.24) is 14.7 Å². The molecule has 3 rings (SSSR count).